The van der Waals surface area contributed by atoms with Crippen molar-refractivity contribution >= 4 is 38.5 Å². The summed E-state index contributed by atoms with van der Waals surface area (Å²) in [5.41, 5.74) is 0.826. The van der Waals surface area contributed by atoms with Crippen LogP contribution in [0.25, 0.3) is 0 Å². The van der Waals surface area contributed by atoms with Crippen LogP contribution in [0.5, 0.6) is 5.75 Å². The fraction of sp³-hybridized carbons (Fsp3) is 0.182. The van der Waals surface area contributed by atoms with Gasteiger partial charge in [0.25, 0.3) is 0 Å². The van der Waals surface area contributed by atoms with Crippen LogP contribution in [-0.2, 0) is 0 Å². The molecule has 1 unspecified atom stereocenters. The molecule has 0 fully saturated rings. The van der Waals surface area contributed by atoms with Gasteiger partial charge in [-0.3, -0.25) is 0 Å². The Labute approximate surface area is 113 Å². The van der Waals surface area contributed by atoms with E-state index in [0.717, 1.165) is 11.4 Å². The number of nitrogens with one attached hydrogen (secondary N) is 2. The Hall–Kier alpha value is -1.20. The Kier molecular flexibility index (Phi) is 3.59. The standard InChI is InChI=1S/C11H11BrClN3O/c1-17-9-5-3-2-4-8(9)15-11(12)6-7-14-10(13)16-11/h2-7,15H,1H3,(H,14,16). The third kappa shape index (κ3) is 2.92. The van der Waals surface area contributed by atoms with Crippen LogP contribution in [-0.4, -0.2) is 17.0 Å². The largest absolute Gasteiger partial charge is 0.495 e. The molecule has 1 aromatic carbocycles. The molecule has 1 aliphatic rings. The van der Waals surface area contributed by atoms with Crippen molar-refractivity contribution in [2.45, 2.75) is 4.57 Å². The summed E-state index contributed by atoms with van der Waals surface area (Å²) < 4.78 is 4.49. The van der Waals surface area contributed by atoms with E-state index in [1.165, 1.54) is 0 Å². The maximum atomic E-state index is 5.83. The van der Waals surface area contributed by atoms with Crippen LogP contribution in [0.3, 0.4) is 0 Å². The van der Waals surface area contributed by atoms with Gasteiger partial charge in [-0.1, -0.05) is 12.1 Å². The highest BCUT2D eigenvalue weighted by molar-refractivity contribution is 9.10. The molecule has 17 heavy (non-hydrogen) atoms. The molecule has 0 saturated carbocycles. The van der Waals surface area contributed by atoms with Crippen molar-refractivity contribution in [3.05, 3.63) is 36.5 Å². The lowest BCUT2D eigenvalue weighted by Crippen LogP contribution is -2.33. The molecule has 2 N–H and O–H groups in total. The molecular formula is C11H11BrClN3O. The molecule has 90 valence electrons. The van der Waals surface area contributed by atoms with Gasteiger partial charge in [0.15, 0.2) is 5.29 Å². The average molecular weight is 317 g/mol. The lowest BCUT2D eigenvalue weighted by atomic mass is 10.3. The van der Waals surface area contributed by atoms with E-state index >= 15 is 0 Å². The first-order valence-corrected chi connectivity index (χ1v) is 6.10. The minimum Gasteiger partial charge on any atom is -0.495 e. The fourth-order valence-electron chi connectivity index (χ4n) is 1.44. The second-order valence-electron chi connectivity index (χ2n) is 3.38. The van der Waals surface area contributed by atoms with Crippen molar-refractivity contribution in [1.29, 1.82) is 0 Å². The molecule has 1 atom stereocenters. The zero-order chi connectivity index (χ0) is 12.3. The number of nitrogens with zero attached hydrogens (tertiary/aromatic N) is 1. The minimum atomic E-state index is -0.760. The lowest BCUT2D eigenvalue weighted by Gasteiger charge is -2.26. The first-order valence-electron chi connectivity index (χ1n) is 4.93. The topological polar surface area (TPSA) is 45.6 Å². The van der Waals surface area contributed by atoms with Crippen molar-refractivity contribution in [2.24, 2.45) is 4.99 Å². The normalized spacial score (nSPS) is 22.6. The molecule has 1 heterocycles. The van der Waals surface area contributed by atoms with Crippen molar-refractivity contribution in [3.63, 3.8) is 0 Å². The predicted octanol–water partition coefficient (Wildman–Crippen LogP) is 2.87. The number of rotatable bonds is 3. The molecule has 0 bridgehead atoms. The average Bonchev–Trinajstić information content (AvgIpc) is 2.29. The lowest BCUT2D eigenvalue weighted by molar-refractivity contribution is 0.416. The van der Waals surface area contributed by atoms with Gasteiger partial charge >= 0.3 is 0 Å². The number of halogens is 2. The molecule has 6 heteroatoms. The van der Waals surface area contributed by atoms with Crippen molar-refractivity contribution < 1.29 is 4.74 Å². The first kappa shape index (κ1) is 12.3. The van der Waals surface area contributed by atoms with Gasteiger partial charge in [0.05, 0.1) is 12.8 Å². The van der Waals surface area contributed by atoms with E-state index in [-0.39, 0.29) is 0 Å². The van der Waals surface area contributed by atoms with Gasteiger partial charge in [-0.15, -0.1) is 0 Å². The number of para-hydroxylation sites is 2. The molecule has 0 radical (unpaired) electrons. The Morgan fingerprint density at radius 3 is 2.94 bits per heavy atom. The van der Waals surface area contributed by atoms with Crippen molar-refractivity contribution in [2.75, 3.05) is 12.4 Å². The van der Waals surface area contributed by atoms with Crippen LogP contribution >= 0.6 is 27.5 Å². The molecule has 2 rings (SSSR count). The highest BCUT2D eigenvalue weighted by atomic mass is 79.9. The first-order chi connectivity index (χ1) is 8.13. The number of hydrogen-bond acceptors (Lipinski definition) is 4. The van der Waals surface area contributed by atoms with Gasteiger partial charge in [-0.05, 0) is 45.7 Å². The van der Waals surface area contributed by atoms with Crippen LogP contribution in [0.2, 0.25) is 0 Å². The van der Waals surface area contributed by atoms with Crippen LogP contribution in [0.1, 0.15) is 0 Å². The van der Waals surface area contributed by atoms with Gasteiger partial charge < -0.3 is 15.4 Å². The monoisotopic (exact) mass is 315 g/mol. The maximum Gasteiger partial charge on any atom is 0.210 e. The molecule has 0 aliphatic carbocycles. The van der Waals surface area contributed by atoms with Gasteiger partial charge in [0.2, 0.25) is 4.57 Å². The van der Waals surface area contributed by atoms with Gasteiger partial charge in [-0.25, -0.2) is 4.99 Å². The molecule has 0 amide bonds. The van der Waals surface area contributed by atoms with E-state index in [1.54, 1.807) is 13.3 Å². The molecule has 0 aromatic heterocycles. The van der Waals surface area contributed by atoms with E-state index in [0.29, 0.717) is 5.29 Å². The number of amidine groups is 1. The van der Waals surface area contributed by atoms with Crippen LogP contribution in [0.15, 0.2) is 41.5 Å². The highest BCUT2D eigenvalue weighted by Crippen LogP contribution is 2.31. The molecule has 0 saturated heterocycles. The molecule has 1 aromatic rings. The Bertz CT molecular complexity index is 478. The van der Waals surface area contributed by atoms with Crippen molar-refractivity contribution in [1.82, 2.24) is 5.32 Å². The summed E-state index contributed by atoms with van der Waals surface area (Å²) in [5, 5.41) is 6.30. The summed E-state index contributed by atoms with van der Waals surface area (Å²) in [5.74, 6) is 0.740. The third-order valence-corrected chi connectivity index (χ3v) is 3.02. The number of methoxy groups -OCH3 is 1. The van der Waals surface area contributed by atoms with Crippen LogP contribution in [0.4, 0.5) is 5.69 Å². The quantitative estimate of drug-likeness (QED) is 0.666. The Balaban J connectivity index is 2.26. The Morgan fingerprint density at radius 2 is 2.24 bits per heavy atom. The van der Waals surface area contributed by atoms with E-state index < -0.39 is 4.57 Å². The van der Waals surface area contributed by atoms with Crippen molar-refractivity contribution in [3.8, 4) is 5.75 Å². The number of anilines is 1. The summed E-state index contributed by atoms with van der Waals surface area (Å²) in [6.07, 6.45) is 3.53. The molecule has 1 aliphatic heterocycles. The summed E-state index contributed by atoms with van der Waals surface area (Å²) >= 11 is 9.30. The highest BCUT2D eigenvalue weighted by Gasteiger charge is 2.26. The molecule has 0 spiro atoms. The van der Waals surface area contributed by atoms with Gasteiger partial charge in [0, 0.05) is 6.20 Å². The molecular weight excluding hydrogens is 305 g/mol. The Morgan fingerprint density at radius 1 is 1.47 bits per heavy atom. The van der Waals surface area contributed by atoms with Crippen LogP contribution in [0, 0.1) is 0 Å². The second-order valence-corrected chi connectivity index (χ2v) is 4.95. The predicted molar refractivity (Wildman–Crippen MR) is 73.8 cm³/mol. The van der Waals surface area contributed by atoms with Gasteiger partial charge in [0.1, 0.15) is 5.75 Å². The van der Waals surface area contributed by atoms with Gasteiger partial charge in [-0.2, -0.15) is 0 Å². The number of alkyl halides is 1. The number of benzene rings is 1. The second kappa shape index (κ2) is 4.98. The van der Waals surface area contributed by atoms with Crippen LogP contribution < -0.4 is 15.4 Å². The zero-order valence-electron chi connectivity index (χ0n) is 9.08. The zero-order valence-corrected chi connectivity index (χ0v) is 11.4. The fourth-order valence-corrected chi connectivity index (χ4v) is 2.26. The smallest absolute Gasteiger partial charge is 0.210 e. The SMILES string of the molecule is COc1ccccc1NC1(Br)C=CNC(Cl)=N1. The third-order valence-electron chi connectivity index (χ3n) is 2.18. The number of aliphatic imine (C=N–C) groups is 1. The van der Waals surface area contributed by atoms with E-state index in [2.05, 4.69) is 31.6 Å². The summed E-state index contributed by atoms with van der Waals surface area (Å²) in [6, 6.07) is 7.59. The number of hydrogen-bond donors (Lipinski definition) is 2. The van der Waals surface area contributed by atoms with E-state index in [4.69, 9.17) is 16.3 Å². The van der Waals surface area contributed by atoms with E-state index in [9.17, 15) is 0 Å². The summed E-state index contributed by atoms with van der Waals surface area (Å²) in [6.45, 7) is 0. The number of ether oxygens (including phenoxy) is 1. The minimum absolute atomic E-state index is 0.312. The maximum absolute atomic E-state index is 5.83. The summed E-state index contributed by atoms with van der Waals surface area (Å²) in [7, 11) is 1.62. The molecule has 4 nitrogen and oxygen atoms in total. The van der Waals surface area contributed by atoms with E-state index in [1.807, 2.05) is 30.3 Å². The summed E-state index contributed by atoms with van der Waals surface area (Å²) in [4.78, 5) is 4.22.